The summed E-state index contributed by atoms with van der Waals surface area (Å²) in [7, 11) is 0. The first kappa shape index (κ1) is 24.4. The van der Waals surface area contributed by atoms with Crippen LogP contribution in [0.2, 0.25) is 0 Å². The fraction of sp³-hybridized carbons (Fsp3) is 0.286. The molecule has 5 heteroatoms. The van der Waals surface area contributed by atoms with Crippen molar-refractivity contribution in [3.8, 4) is 11.1 Å². The molecule has 0 radical (unpaired) electrons. The average Bonchev–Trinajstić information content (AvgIpc) is 2.86. The van der Waals surface area contributed by atoms with Crippen LogP contribution in [0.4, 0.5) is 0 Å². The van der Waals surface area contributed by atoms with Crippen LogP contribution in [0.3, 0.4) is 0 Å². The lowest BCUT2D eigenvalue weighted by Crippen LogP contribution is -2.49. The van der Waals surface area contributed by atoms with Crippen LogP contribution in [0.5, 0.6) is 0 Å². The molecular weight excluding hydrogens is 410 g/mol. The highest BCUT2D eigenvalue weighted by atomic mass is 16.2. The Morgan fingerprint density at radius 2 is 1.36 bits per heavy atom. The van der Waals surface area contributed by atoms with Crippen LogP contribution in [0.15, 0.2) is 84.9 Å². The average molecular weight is 444 g/mol. The Hall–Kier alpha value is -3.28. The molecule has 3 rings (SSSR count). The first-order chi connectivity index (χ1) is 16.1. The van der Waals surface area contributed by atoms with Gasteiger partial charge in [-0.05, 0) is 54.5 Å². The van der Waals surface area contributed by atoms with E-state index in [0.717, 1.165) is 22.3 Å². The molecule has 0 aromatic heterocycles. The highest BCUT2D eigenvalue weighted by molar-refractivity contribution is 5.92. The summed E-state index contributed by atoms with van der Waals surface area (Å²) < 4.78 is 0. The molecule has 172 valence electrons. The van der Waals surface area contributed by atoms with Gasteiger partial charge >= 0.3 is 0 Å². The fourth-order valence-corrected chi connectivity index (χ4v) is 3.79. The SMILES string of the molecule is NCCC[C@H](N)C(=O)N[C@H](CCc1ccccc1)C(=O)Cc1ccc(-c2ccccc2)cc1. The van der Waals surface area contributed by atoms with Crippen molar-refractivity contribution in [2.45, 2.75) is 44.2 Å². The molecule has 0 bridgehead atoms. The maximum absolute atomic E-state index is 13.2. The Balaban J connectivity index is 1.67. The van der Waals surface area contributed by atoms with Gasteiger partial charge in [0.2, 0.25) is 5.91 Å². The van der Waals surface area contributed by atoms with E-state index in [0.29, 0.717) is 32.2 Å². The van der Waals surface area contributed by atoms with Crippen LogP contribution in [-0.4, -0.2) is 30.3 Å². The number of aryl methyl sites for hydroxylation is 1. The molecule has 0 spiro atoms. The summed E-state index contributed by atoms with van der Waals surface area (Å²) in [6, 6.07) is 26.8. The number of benzene rings is 3. The Morgan fingerprint density at radius 1 is 0.758 bits per heavy atom. The zero-order valence-electron chi connectivity index (χ0n) is 19.0. The van der Waals surface area contributed by atoms with Crippen LogP contribution in [0.25, 0.3) is 11.1 Å². The molecule has 3 aromatic carbocycles. The van der Waals surface area contributed by atoms with Crippen LogP contribution in [-0.2, 0) is 22.4 Å². The van der Waals surface area contributed by atoms with Crippen LogP contribution in [0, 0.1) is 0 Å². The highest BCUT2D eigenvalue weighted by Gasteiger charge is 2.23. The Bertz CT molecular complexity index is 1000. The van der Waals surface area contributed by atoms with E-state index < -0.39 is 12.1 Å². The van der Waals surface area contributed by atoms with Crippen molar-refractivity contribution >= 4 is 11.7 Å². The summed E-state index contributed by atoms with van der Waals surface area (Å²) in [5.41, 5.74) is 15.8. The van der Waals surface area contributed by atoms with Crippen molar-refractivity contribution in [1.82, 2.24) is 5.32 Å². The Morgan fingerprint density at radius 3 is 2.00 bits per heavy atom. The Labute approximate surface area is 196 Å². The molecule has 33 heavy (non-hydrogen) atoms. The largest absolute Gasteiger partial charge is 0.345 e. The van der Waals surface area contributed by atoms with E-state index in [1.807, 2.05) is 72.8 Å². The minimum absolute atomic E-state index is 0.0160. The maximum Gasteiger partial charge on any atom is 0.237 e. The number of Topliss-reactive ketones (excluding diaryl/α,β-unsaturated/α-hetero) is 1. The van der Waals surface area contributed by atoms with E-state index in [9.17, 15) is 9.59 Å². The van der Waals surface area contributed by atoms with Gasteiger partial charge in [-0.25, -0.2) is 0 Å². The molecule has 0 heterocycles. The van der Waals surface area contributed by atoms with Crippen molar-refractivity contribution in [3.05, 3.63) is 96.1 Å². The van der Waals surface area contributed by atoms with Gasteiger partial charge in [0, 0.05) is 6.42 Å². The lowest BCUT2D eigenvalue weighted by Gasteiger charge is -2.20. The van der Waals surface area contributed by atoms with Crippen LogP contribution in [0.1, 0.15) is 30.4 Å². The van der Waals surface area contributed by atoms with Crippen molar-refractivity contribution in [1.29, 1.82) is 0 Å². The molecule has 0 saturated heterocycles. The number of nitrogens with two attached hydrogens (primary N) is 2. The highest BCUT2D eigenvalue weighted by Crippen LogP contribution is 2.20. The molecule has 5 nitrogen and oxygen atoms in total. The number of amides is 1. The molecule has 0 aliphatic heterocycles. The summed E-state index contributed by atoms with van der Waals surface area (Å²) >= 11 is 0. The van der Waals surface area contributed by atoms with E-state index in [1.54, 1.807) is 0 Å². The lowest BCUT2D eigenvalue weighted by molar-refractivity contribution is -0.128. The molecule has 1 amide bonds. The van der Waals surface area contributed by atoms with E-state index in [4.69, 9.17) is 11.5 Å². The second-order valence-electron chi connectivity index (χ2n) is 8.33. The van der Waals surface area contributed by atoms with Gasteiger partial charge in [-0.15, -0.1) is 0 Å². The van der Waals surface area contributed by atoms with E-state index in [2.05, 4.69) is 17.4 Å². The van der Waals surface area contributed by atoms with Crippen molar-refractivity contribution in [2.75, 3.05) is 6.54 Å². The maximum atomic E-state index is 13.2. The number of ketones is 1. The third-order valence-corrected chi connectivity index (χ3v) is 5.77. The number of nitrogens with one attached hydrogen (secondary N) is 1. The normalized spacial score (nSPS) is 12.7. The van der Waals surface area contributed by atoms with Crippen molar-refractivity contribution in [3.63, 3.8) is 0 Å². The quantitative estimate of drug-likeness (QED) is 0.398. The van der Waals surface area contributed by atoms with Crippen LogP contribution < -0.4 is 16.8 Å². The van der Waals surface area contributed by atoms with Gasteiger partial charge in [0.1, 0.15) is 0 Å². The molecule has 3 aromatic rings. The second-order valence-corrected chi connectivity index (χ2v) is 8.33. The van der Waals surface area contributed by atoms with Crippen LogP contribution >= 0.6 is 0 Å². The molecular formula is C28H33N3O2. The van der Waals surface area contributed by atoms with E-state index in [1.165, 1.54) is 0 Å². The molecule has 0 aliphatic rings. The number of rotatable bonds is 12. The number of hydrogen-bond donors (Lipinski definition) is 3. The van der Waals surface area contributed by atoms with Crippen molar-refractivity contribution in [2.24, 2.45) is 11.5 Å². The number of carbonyl (C=O) groups is 2. The van der Waals surface area contributed by atoms with Gasteiger partial charge in [-0.2, -0.15) is 0 Å². The minimum atomic E-state index is -0.661. The minimum Gasteiger partial charge on any atom is -0.345 e. The first-order valence-electron chi connectivity index (χ1n) is 11.5. The lowest BCUT2D eigenvalue weighted by atomic mass is 9.96. The van der Waals surface area contributed by atoms with Gasteiger partial charge in [-0.1, -0.05) is 84.9 Å². The van der Waals surface area contributed by atoms with E-state index >= 15 is 0 Å². The molecule has 5 N–H and O–H groups in total. The summed E-state index contributed by atoms with van der Waals surface area (Å²) in [4.78, 5) is 25.8. The molecule has 2 atom stereocenters. The smallest absolute Gasteiger partial charge is 0.237 e. The van der Waals surface area contributed by atoms with Gasteiger partial charge in [0.15, 0.2) is 5.78 Å². The topological polar surface area (TPSA) is 98.2 Å². The predicted octanol–water partition coefficient (Wildman–Crippen LogP) is 3.65. The number of carbonyl (C=O) groups excluding carboxylic acids is 2. The molecule has 0 fully saturated rings. The van der Waals surface area contributed by atoms with Gasteiger partial charge in [0.05, 0.1) is 12.1 Å². The van der Waals surface area contributed by atoms with E-state index in [-0.39, 0.29) is 18.1 Å². The fourth-order valence-electron chi connectivity index (χ4n) is 3.79. The summed E-state index contributed by atoms with van der Waals surface area (Å²) in [5, 5.41) is 2.90. The molecule has 0 unspecified atom stereocenters. The summed E-state index contributed by atoms with van der Waals surface area (Å²) in [6.07, 6.45) is 2.66. The Kier molecular flexibility index (Phi) is 9.36. The van der Waals surface area contributed by atoms with Crippen molar-refractivity contribution < 1.29 is 9.59 Å². The third-order valence-electron chi connectivity index (χ3n) is 5.77. The zero-order chi connectivity index (χ0) is 23.5. The summed E-state index contributed by atoms with van der Waals surface area (Å²) in [5.74, 6) is -0.313. The molecule has 0 saturated carbocycles. The molecule has 0 aliphatic carbocycles. The second kappa shape index (κ2) is 12.7. The van der Waals surface area contributed by atoms with Gasteiger partial charge < -0.3 is 16.8 Å². The van der Waals surface area contributed by atoms with Gasteiger partial charge in [-0.3, -0.25) is 9.59 Å². The number of hydrogen-bond acceptors (Lipinski definition) is 4. The summed E-state index contributed by atoms with van der Waals surface area (Å²) in [6.45, 7) is 0.482. The zero-order valence-corrected chi connectivity index (χ0v) is 19.0. The standard InChI is InChI=1S/C28H33N3O2/c29-19-7-12-25(30)28(33)31-26(18-15-21-8-3-1-4-9-21)27(32)20-22-13-16-24(17-14-22)23-10-5-2-6-11-23/h1-6,8-11,13-14,16-17,25-26H,7,12,15,18-20,29-30H2,(H,31,33)/t25-,26+/m0/s1. The predicted molar refractivity (Wildman–Crippen MR) is 134 cm³/mol. The third kappa shape index (κ3) is 7.67. The van der Waals surface area contributed by atoms with Gasteiger partial charge in [0.25, 0.3) is 0 Å². The first-order valence-corrected chi connectivity index (χ1v) is 11.5. The monoisotopic (exact) mass is 443 g/mol.